The van der Waals surface area contributed by atoms with Gasteiger partial charge in [-0.05, 0) is 53.4 Å². The van der Waals surface area contributed by atoms with Crippen molar-refractivity contribution in [3.8, 4) is 0 Å². The summed E-state index contributed by atoms with van der Waals surface area (Å²) in [5.41, 5.74) is 1.88. The summed E-state index contributed by atoms with van der Waals surface area (Å²) in [6.07, 6.45) is 1.84. The van der Waals surface area contributed by atoms with Gasteiger partial charge in [-0.3, -0.25) is 4.79 Å². The van der Waals surface area contributed by atoms with Gasteiger partial charge in [-0.1, -0.05) is 6.07 Å². The molecule has 1 aromatic carbocycles. The lowest BCUT2D eigenvalue weighted by Gasteiger charge is -2.31. The van der Waals surface area contributed by atoms with E-state index in [1.807, 2.05) is 37.1 Å². The van der Waals surface area contributed by atoms with Crippen LogP contribution in [0.1, 0.15) is 28.8 Å². The molecule has 1 aliphatic heterocycles. The summed E-state index contributed by atoms with van der Waals surface area (Å²) >= 11 is 3.47. The van der Waals surface area contributed by atoms with Gasteiger partial charge in [-0.15, -0.1) is 0 Å². The van der Waals surface area contributed by atoms with Crippen molar-refractivity contribution in [2.75, 3.05) is 20.3 Å². The minimum Gasteiger partial charge on any atom is -0.381 e. The van der Waals surface area contributed by atoms with Crippen LogP contribution in [0, 0.1) is 6.92 Å². The van der Waals surface area contributed by atoms with E-state index in [1.54, 1.807) is 0 Å². The molecule has 0 saturated carbocycles. The van der Waals surface area contributed by atoms with E-state index in [-0.39, 0.29) is 5.91 Å². The van der Waals surface area contributed by atoms with Crippen molar-refractivity contribution in [2.24, 2.45) is 0 Å². The Hall–Kier alpha value is -0.870. The zero-order chi connectivity index (χ0) is 13.1. The molecule has 1 fully saturated rings. The maximum absolute atomic E-state index is 12.4. The van der Waals surface area contributed by atoms with Crippen molar-refractivity contribution in [2.45, 2.75) is 25.8 Å². The molecular weight excluding hydrogens is 294 g/mol. The van der Waals surface area contributed by atoms with Crippen molar-refractivity contribution >= 4 is 21.8 Å². The third kappa shape index (κ3) is 2.93. The molecule has 0 N–H and O–H groups in total. The maximum Gasteiger partial charge on any atom is 0.254 e. The number of benzene rings is 1. The number of ether oxygens (including phenoxy) is 1. The molecule has 0 bridgehead atoms. The Morgan fingerprint density at radius 2 is 2.06 bits per heavy atom. The number of aryl methyl sites for hydroxylation is 1. The van der Waals surface area contributed by atoms with E-state index in [1.165, 1.54) is 0 Å². The topological polar surface area (TPSA) is 29.5 Å². The smallest absolute Gasteiger partial charge is 0.254 e. The summed E-state index contributed by atoms with van der Waals surface area (Å²) in [5, 5.41) is 0. The number of halogens is 1. The Balaban J connectivity index is 2.14. The SMILES string of the molecule is Cc1ccc(C(=O)N(C)C2CCOCC2)c(Br)c1. The van der Waals surface area contributed by atoms with Gasteiger partial charge in [-0.25, -0.2) is 0 Å². The summed E-state index contributed by atoms with van der Waals surface area (Å²) in [6, 6.07) is 6.12. The Morgan fingerprint density at radius 1 is 1.39 bits per heavy atom. The van der Waals surface area contributed by atoms with E-state index in [9.17, 15) is 4.79 Å². The fourth-order valence-electron chi connectivity index (χ4n) is 2.22. The molecule has 0 aliphatic carbocycles. The molecule has 0 unspecified atom stereocenters. The van der Waals surface area contributed by atoms with Gasteiger partial charge in [0.25, 0.3) is 5.91 Å². The molecule has 18 heavy (non-hydrogen) atoms. The van der Waals surface area contributed by atoms with Crippen LogP contribution in [0.2, 0.25) is 0 Å². The number of carbonyl (C=O) groups is 1. The van der Waals surface area contributed by atoms with E-state index in [4.69, 9.17) is 4.74 Å². The standard InChI is InChI=1S/C14H18BrNO2/c1-10-3-4-12(13(15)9-10)14(17)16(2)11-5-7-18-8-6-11/h3-4,9,11H,5-8H2,1-2H3. The van der Waals surface area contributed by atoms with Crippen LogP contribution in [0.15, 0.2) is 22.7 Å². The normalized spacial score (nSPS) is 16.6. The number of carbonyl (C=O) groups excluding carboxylic acids is 1. The fourth-order valence-corrected chi connectivity index (χ4v) is 2.88. The molecule has 1 amide bonds. The molecule has 3 nitrogen and oxygen atoms in total. The second kappa shape index (κ2) is 5.85. The first-order valence-electron chi connectivity index (χ1n) is 6.20. The molecule has 0 spiro atoms. The first-order chi connectivity index (χ1) is 8.59. The first-order valence-corrected chi connectivity index (χ1v) is 7.00. The van der Waals surface area contributed by atoms with Crippen molar-refractivity contribution in [1.82, 2.24) is 4.90 Å². The Labute approximate surface area is 116 Å². The average Bonchev–Trinajstić information content (AvgIpc) is 2.38. The predicted molar refractivity (Wildman–Crippen MR) is 74.8 cm³/mol. The van der Waals surface area contributed by atoms with Crippen molar-refractivity contribution in [3.63, 3.8) is 0 Å². The van der Waals surface area contributed by atoms with Gasteiger partial charge in [0.05, 0.1) is 5.56 Å². The molecule has 4 heteroatoms. The Bertz CT molecular complexity index is 441. The molecular formula is C14H18BrNO2. The van der Waals surface area contributed by atoms with Crippen LogP contribution >= 0.6 is 15.9 Å². The lowest BCUT2D eigenvalue weighted by atomic mass is 10.1. The number of nitrogens with zero attached hydrogens (tertiary/aromatic N) is 1. The quantitative estimate of drug-likeness (QED) is 0.840. The predicted octanol–water partition coefficient (Wildman–Crippen LogP) is 3.01. The third-order valence-corrected chi connectivity index (χ3v) is 4.07. The average molecular weight is 312 g/mol. The number of hydrogen-bond acceptors (Lipinski definition) is 2. The maximum atomic E-state index is 12.4. The molecule has 0 radical (unpaired) electrons. The molecule has 2 rings (SSSR count). The zero-order valence-electron chi connectivity index (χ0n) is 10.8. The highest BCUT2D eigenvalue weighted by atomic mass is 79.9. The van der Waals surface area contributed by atoms with Gasteiger partial charge in [0, 0.05) is 30.8 Å². The minimum absolute atomic E-state index is 0.0776. The lowest BCUT2D eigenvalue weighted by molar-refractivity contribution is 0.0361. The summed E-state index contributed by atoms with van der Waals surface area (Å²) in [7, 11) is 1.88. The number of rotatable bonds is 2. The third-order valence-electron chi connectivity index (χ3n) is 3.41. The van der Waals surface area contributed by atoms with Crippen LogP contribution in [0.4, 0.5) is 0 Å². The van der Waals surface area contributed by atoms with Gasteiger partial charge in [0.2, 0.25) is 0 Å². The Morgan fingerprint density at radius 3 is 2.67 bits per heavy atom. The van der Waals surface area contributed by atoms with Gasteiger partial charge in [0.1, 0.15) is 0 Å². The van der Waals surface area contributed by atoms with Crippen LogP contribution in [0.3, 0.4) is 0 Å². The largest absolute Gasteiger partial charge is 0.381 e. The van der Waals surface area contributed by atoms with Crippen molar-refractivity contribution < 1.29 is 9.53 Å². The highest BCUT2D eigenvalue weighted by Crippen LogP contribution is 2.22. The molecule has 98 valence electrons. The summed E-state index contributed by atoms with van der Waals surface area (Å²) in [4.78, 5) is 14.3. The van der Waals surface area contributed by atoms with Crippen LogP contribution in [0.5, 0.6) is 0 Å². The first kappa shape index (κ1) is 13.6. The highest BCUT2D eigenvalue weighted by molar-refractivity contribution is 9.10. The van der Waals surface area contributed by atoms with E-state index in [0.29, 0.717) is 6.04 Å². The lowest BCUT2D eigenvalue weighted by Crippen LogP contribution is -2.40. The second-order valence-electron chi connectivity index (χ2n) is 4.74. The van der Waals surface area contributed by atoms with Crippen LogP contribution in [-0.4, -0.2) is 37.1 Å². The van der Waals surface area contributed by atoms with Gasteiger partial charge < -0.3 is 9.64 Å². The molecule has 1 aliphatic rings. The summed E-state index contributed by atoms with van der Waals surface area (Å²) in [6.45, 7) is 3.51. The monoisotopic (exact) mass is 311 g/mol. The minimum atomic E-state index is 0.0776. The van der Waals surface area contributed by atoms with Crippen molar-refractivity contribution in [3.05, 3.63) is 33.8 Å². The van der Waals surface area contributed by atoms with Gasteiger partial charge in [0.15, 0.2) is 0 Å². The number of hydrogen-bond donors (Lipinski definition) is 0. The summed E-state index contributed by atoms with van der Waals surface area (Å²) < 4.78 is 6.19. The summed E-state index contributed by atoms with van der Waals surface area (Å²) in [5.74, 6) is 0.0776. The van der Waals surface area contributed by atoms with E-state index >= 15 is 0 Å². The molecule has 1 aromatic rings. The van der Waals surface area contributed by atoms with Crippen LogP contribution in [-0.2, 0) is 4.74 Å². The molecule has 0 atom stereocenters. The highest BCUT2D eigenvalue weighted by Gasteiger charge is 2.24. The molecule has 0 aromatic heterocycles. The van der Waals surface area contributed by atoms with E-state index < -0.39 is 0 Å². The molecule has 1 saturated heterocycles. The van der Waals surface area contributed by atoms with Gasteiger partial charge in [-0.2, -0.15) is 0 Å². The van der Waals surface area contributed by atoms with E-state index in [0.717, 1.165) is 41.7 Å². The fraction of sp³-hybridized carbons (Fsp3) is 0.500. The molecule has 1 heterocycles. The zero-order valence-corrected chi connectivity index (χ0v) is 12.4. The Kier molecular flexibility index (Phi) is 4.40. The second-order valence-corrected chi connectivity index (χ2v) is 5.60. The number of amides is 1. The van der Waals surface area contributed by atoms with E-state index in [2.05, 4.69) is 15.9 Å². The van der Waals surface area contributed by atoms with Gasteiger partial charge >= 0.3 is 0 Å². The van der Waals surface area contributed by atoms with Crippen LogP contribution < -0.4 is 0 Å². The van der Waals surface area contributed by atoms with Crippen molar-refractivity contribution in [1.29, 1.82) is 0 Å². The van der Waals surface area contributed by atoms with Crippen LogP contribution in [0.25, 0.3) is 0 Å².